The number of ether oxygens (including phenoxy) is 1. The molecular weight excluding hydrogens is 337 g/mol. The zero-order chi connectivity index (χ0) is 15.0. The minimum atomic E-state index is -4.14. The van der Waals surface area contributed by atoms with Crippen LogP contribution in [-0.2, 0) is 14.8 Å². The van der Waals surface area contributed by atoms with Crippen LogP contribution in [0.3, 0.4) is 0 Å². The minimum Gasteiger partial charge on any atom is -0.459 e. The lowest BCUT2D eigenvalue weighted by atomic mass is 10.2. The van der Waals surface area contributed by atoms with Gasteiger partial charge in [0.05, 0.1) is 26.7 Å². The van der Waals surface area contributed by atoms with Crippen molar-refractivity contribution < 1.29 is 17.9 Å². The number of nitrogens with two attached hydrogens (primary N) is 1. The van der Waals surface area contributed by atoms with E-state index in [0.29, 0.717) is 0 Å². The van der Waals surface area contributed by atoms with Crippen molar-refractivity contribution in [2.24, 2.45) is 5.14 Å². The summed E-state index contributed by atoms with van der Waals surface area (Å²) in [5.74, 6) is -0.877. The Kier molecular flexibility index (Phi) is 5.08. The molecule has 1 aromatic carbocycles. The molecule has 106 valence electrons. The van der Waals surface area contributed by atoms with Crippen LogP contribution in [0.5, 0.6) is 0 Å². The van der Waals surface area contributed by atoms with Gasteiger partial charge in [0.25, 0.3) is 0 Å². The van der Waals surface area contributed by atoms with Crippen molar-refractivity contribution in [1.29, 1.82) is 0 Å². The summed E-state index contributed by atoms with van der Waals surface area (Å²) in [6, 6.07) is 0.980. The van der Waals surface area contributed by atoms with E-state index in [-0.39, 0.29) is 15.6 Å². The van der Waals surface area contributed by atoms with E-state index in [4.69, 9.17) is 44.7 Å². The van der Waals surface area contributed by atoms with E-state index in [9.17, 15) is 13.2 Å². The van der Waals surface area contributed by atoms with Crippen LogP contribution < -0.4 is 5.14 Å². The monoisotopic (exact) mass is 345 g/mol. The van der Waals surface area contributed by atoms with Gasteiger partial charge in [0, 0.05) is 0 Å². The molecule has 0 aliphatic rings. The standard InChI is InChI=1S/C10H10Cl3NO4S/c1-4(2)18-10(15)7-8(12)5(11)3-6(9(7)13)19(14,16)17/h3-4H,1-2H3,(H2,14,16,17). The van der Waals surface area contributed by atoms with Crippen LogP contribution in [0.25, 0.3) is 0 Å². The zero-order valence-corrected chi connectivity index (χ0v) is 13.0. The lowest BCUT2D eigenvalue weighted by molar-refractivity contribution is 0.0378. The molecule has 0 saturated heterocycles. The fraction of sp³-hybridized carbons (Fsp3) is 0.300. The third kappa shape index (κ3) is 3.73. The summed E-state index contributed by atoms with van der Waals surface area (Å²) in [7, 11) is -4.14. The molecule has 0 saturated carbocycles. The molecule has 0 fully saturated rings. The number of rotatable bonds is 3. The molecule has 0 aliphatic heterocycles. The molecule has 0 bridgehead atoms. The van der Waals surface area contributed by atoms with Crippen molar-refractivity contribution in [2.45, 2.75) is 24.8 Å². The molecule has 0 amide bonds. The molecule has 19 heavy (non-hydrogen) atoms. The van der Waals surface area contributed by atoms with Gasteiger partial charge in [-0.15, -0.1) is 0 Å². The Bertz CT molecular complexity index is 628. The molecule has 0 heterocycles. The Labute approximate surface area is 125 Å². The first kappa shape index (κ1) is 16.5. The van der Waals surface area contributed by atoms with E-state index in [1.165, 1.54) is 0 Å². The second-order valence-corrected chi connectivity index (χ2v) is 6.55. The molecule has 1 rings (SSSR count). The van der Waals surface area contributed by atoms with Crippen molar-refractivity contribution in [3.05, 3.63) is 26.7 Å². The van der Waals surface area contributed by atoms with E-state index >= 15 is 0 Å². The normalized spacial score (nSPS) is 11.7. The zero-order valence-electron chi connectivity index (χ0n) is 9.91. The summed E-state index contributed by atoms with van der Waals surface area (Å²) in [5.41, 5.74) is -0.325. The Morgan fingerprint density at radius 2 is 1.79 bits per heavy atom. The average Bonchev–Trinajstić information content (AvgIpc) is 2.20. The summed E-state index contributed by atoms with van der Waals surface area (Å²) in [6.45, 7) is 3.23. The number of sulfonamides is 1. The third-order valence-electron chi connectivity index (χ3n) is 1.98. The molecule has 9 heteroatoms. The number of carbonyl (C=O) groups excluding carboxylic acids is 1. The van der Waals surface area contributed by atoms with Crippen LogP contribution >= 0.6 is 34.8 Å². The summed E-state index contributed by atoms with van der Waals surface area (Å²) in [6.07, 6.45) is -0.434. The van der Waals surface area contributed by atoms with Crippen molar-refractivity contribution in [3.8, 4) is 0 Å². The van der Waals surface area contributed by atoms with Crippen molar-refractivity contribution >= 4 is 50.8 Å². The van der Waals surface area contributed by atoms with Crippen LogP contribution in [0.15, 0.2) is 11.0 Å². The first-order chi connectivity index (χ1) is 8.55. The van der Waals surface area contributed by atoms with Gasteiger partial charge in [-0.25, -0.2) is 18.4 Å². The summed E-state index contributed by atoms with van der Waals surface area (Å²) < 4.78 is 27.6. The summed E-state index contributed by atoms with van der Waals surface area (Å²) in [4.78, 5) is 11.4. The molecule has 0 aliphatic carbocycles. The van der Waals surface area contributed by atoms with Gasteiger partial charge in [0.2, 0.25) is 10.0 Å². The smallest absolute Gasteiger partial charge is 0.341 e. The Morgan fingerprint density at radius 1 is 1.26 bits per heavy atom. The number of carbonyl (C=O) groups is 1. The molecule has 0 radical (unpaired) electrons. The highest BCUT2D eigenvalue weighted by atomic mass is 35.5. The first-order valence-corrected chi connectivity index (χ1v) is 7.65. The Morgan fingerprint density at radius 3 is 2.21 bits per heavy atom. The van der Waals surface area contributed by atoms with E-state index < -0.39 is 32.0 Å². The molecule has 2 N–H and O–H groups in total. The number of hydrogen-bond acceptors (Lipinski definition) is 4. The predicted molar refractivity (Wildman–Crippen MR) is 73.4 cm³/mol. The maximum Gasteiger partial charge on any atom is 0.341 e. The first-order valence-electron chi connectivity index (χ1n) is 4.97. The minimum absolute atomic E-state index is 0.161. The van der Waals surface area contributed by atoms with Gasteiger partial charge in [-0.3, -0.25) is 0 Å². The van der Waals surface area contributed by atoms with Gasteiger partial charge in [-0.1, -0.05) is 34.8 Å². The van der Waals surface area contributed by atoms with Crippen LogP contribution in [0, 0.1) is 0 Å². The Hall–Kier alpha value is -0.530. The molecule has 1 aromatic rings. The lowest BCUT2D eigenvalue weighted by Crippen LogP contribution is -2.17. The van der Waals surface area contributed by atoms with Crippen molar-refractivity contribution in [1.82, 2.24) is 0 Å². The van der Waals surface area contributed by atoms with E-state index in [1.54, 1.807) is 13.8 Å². The SMILES string of the molecule is CC(C)OC(=O)c1c(Cl)c(Cl)cc(S(N)(=O)=O)c1Cl. The van der Waals surface area contributed by atoms with Gasteiger partial charge in [0.1, 0.15) is 4.90 Å². The van der Waals surface area contributed by atoms with Crippen LogP contribution in [0.4, 0.5) is 0 Å². The second-order valence-electron chi connectivity index (χ2n) is 3.86. The van der Waals surface area contributed by atoms with Gasteiger partial charge < -0.3 is 4.74 Å². The van der Waals surface area contributed by atoms with Crippen molar-refractivity contribution in [2.75, 3.05) is 0 Å². The van der Waals surface area contributed by atoms with Crippen LogP contribution in [-0.4, -0.2) is 20.5 Å². The van der Waals surface area contributed by atoms with Gasteiger partial charge >= 0.3 is 5.97 Å². The highest BCUT2D eigenvalue weighted by Crippen LogP contribution is 2.36. The fourth-order valence-corrected chi connectivity index (χ4v) is 2.97. The second kappa shape index (κ2) is 5.85. The number of halogens is 3. The molecule has 0 spiro atoms. The molecule has 0 unspecified atom stereocenters. The molecule has 0 atom stereocenters. The quantitative estimate of drug-likeness (QED) is 0.673. The highest BCUT2D eigenvalue weighted by Gasteiger charge is 2.26. The van der Waals surface area contributed by atoms with Gasteiger partial charge in [-0.2, -0.15) is 0 Å². The third-order valence-corrected chi connectivity index (χ3v) is 4.20. The molecule has 0 aromatic heterocycles. The van der Waals surface area contributed by atoms with Crippen LogP contribution in [0.2, 0.25) is 15.1 Å². The molecular formula is C10H10Cl3NO4S. The fourth-order valence-electron chi connectivity index (χ4n) is 1.24. The van der Waals surface area contributed by atoms with E-state index in [0.717, 1.165) is 6.07 Å². The maximum atomic E-state index is 11.8. The largest absolute Gasteiger partial charge is 0.459 e. The van der Waals surface area contributed by atoms with Gasteiger partial charge in [0.15, 0.2) is 0 Å². The number of esters is 1. The van der Waals surface area contributed by atoms with Gasteiger partial charge in [-0.05, 0) is 19.9 Å². The summed E-state index contributed by atoms with van der Waals surface area (Å²) >= 11 is 17.5. The highest BCUT2D eigenvalue weighted by molar-refractivity contribution is 7.89. The van der Waals surface area contributed by atoms with E-state index in [2.05, 4.69) is 0 Å². The summed E-state index contributed by atoms with van der Waals surface area (Å²) in [5, 5.41) is 4.22. The van der Waals surface area contributed by atoms with Crippen molar-refractivity contribution in [3.63, 3.8) is 0 Å². The predicted octanol–water partition coefficient (Wildman–Crippen LogP) is 2.86. The number of primary sulfonamides is 1. The molecule has 5 nitrogen and oxygen atoms in total. The van der Waals surface area contributed by atoms with E-state index in [1.807, 2.05) is 0 Å². The number of hydrogen-bond donors (Lipinski definition) is 1. The lowest BCUT2D eigenvalue weighted by Gasteiger charge is -2.13. The maximum absolute atomic E-state index is 11.8. The number of benzene rings is 1. The average molecular weight is 347 g/mol. The Balaban J connectivity index is 3.56. The van der Waals surface area contributed by atoms with Crippen LogP contribution in [0.1, 0.15) is 24.2 Å². The topological polar surface area (TPSA) is 86.5 Å².